The maximum Gasteiger partial charge on any atom is 0.342 e. The van der Waals surface area contributed by atoms with Gasteiger partial charge in [0.1, 0.15) is 17.6 Å². The van der Waals surface area contributed by atoms with E-state index < -0.39 is 17.1 Å². The third-order valence-electron chi connectivity index (χ3n) is 4.28. The highest BCUT2D eigenvalue weighted by atomic mass is 35.5. The van der Waals surface area contributed by atoms with E-state index >= 15 is 0 Å². The number of rotatable bonds is 7. The van der Waals surface area contributed by atoms with Crippen molar-refractivity contribution in [3.05, 3.63) is 93.6 Å². The molecule has 0 saturated heterocycles. The summed E-state index contributed by atoms with van der Waals surface area (Å²) < 4.78 is 11.5. The molecule has 9 nitrogen and oxygen atoms in total. The molecule has 0 spiro atoms. The van der Waals surface area contributed by atoms with Crippen LogP contribution in [0.2, 0.25) is 5.02 Å². The van der Waals surface area contributed by atoms with E-state index in [9.17, 15) is 14.7 Å². The average molecular weight is 439 g/mol. The highest BCUT2D eigenvalue weighted by Gasteiger charge is 2.16. The Morgan fingerprint density at radius 3 is 2.52 bits per heavy atom. The summed E-state index contributed by atoms with van der Waals surface area (Å²) in [5, 5.41) is 16.6. The summed E-state index contributed by atoms with van der Waals surface area (Å²) >= 11 is 5.92. The summed E-state index contributed by atoms with van der Waals surface area (Å²) in [6.45, 7) is 0.111. The molecule has 0 amide bonds. The summed E-state index contributed by atoms with van der Waals surface area (Å²) in [5.41, 5.74) is 0.282. The highest BCUT2D eigenvalue weighted by Crippen LogP contribution is 2.23. The Hall–Kier alpha value is -4.11. The molecule has 2 heterocycles. The molecular weight excluding hydrogens is 424 g/mol. The number of aromatic carboxylic acids is 1. The molecule has 0 aliphatic rings. The van der Waals surface area contributed by atoms with Crippen LogP contribution in [0.5, 0.6) is 11.6 Å². The van der Waals surface area contributed by atoms with Crippen LogP contribution < -0.4 is 15.6 Å². The van der Waals surface area contributed by atoms with E-state index in [-0.39, 0.29) is 12.5 Å². The average Bonchev–Trinajstić information content (AvgIpc) is 3.26. The first-order valence-corrected chi connectivity index (χ1v) is 9.40. The predicted molar refractivity (Wildman–Crippen MR) is 112 cm³/mol. The van der Waals surface area contributed by atoms with Crippen LogP contribution in [0.4, 0.5) is 11.6 Å². The fraction of sp³-hybridized carbons (Fsp3) is 0.0476. The molecule has 0 unspecified atom stereocenters. The number of benzene rings is 2. The standard InChI is InChI=1S/C21H15ClN4O5/c22-14-3-1-13(2-4-14)12-26-19(27)17(20(28)29)11-23-21(26)24-15-5-7-16(8-6-15)31-18-9-10-30-25-18/h1-11H,12H2,(H,23,24)(H,28,29). The summed E-state index contributed by atoms with van der Waals surface area (Å²) in [7, 11) is 0. The van der Waals surface area contributed by atoms with Crippen LogP contribution in [0.25, 0.3) is 0 Å². The van der Waals surface area contributed by atoms with Gasteiger partial charge in [-0.1, -0.05) is 23.7 Å². The van der Waals surface area contributed by atoms with Crippen molar-refractivity contribution in [3.63, 3.8) is 0 Å². The number of halogens is 1. The number of nitrogens with one attached hydrogen (secondary N) is 1. The van der Waals surface area contributed by atoms with Crippen molar-refractivity contribution in [3.8, 4) is 11.6 Å². The third kappa shape index (κ3) is 4.73. The van der Waals surface area contributed by atoms with Crippen molar-refractivity contribution in [1.82, 2.24) is 14.7 Å². The number of ether oxygens (including phenoxy) is 1. The number of anilines is 2. The highest BCUT2D eigenvalue weighted by molar-refractivity contribution is 6.30. The van der Waals surface area contributed by atoms with E-state index in [1.807, 2.05) is 0 Å². The maximum atomic E-state index is 12.8. The van der Waals surface area contributed by atoms with Gasteiger partial charge in [0, 0.05) is 16.8 Å². The van der Waals surface area contributed by atoms with Gasteiger partial charge in [-0.2, -0.15) is 0 Å². The Balaban J connectivity index is 1.62. The second-order valence-electron chi connectivity index (χ2n) is 6.41. The molecular formula is C21H15ClN4O5. The number of nitrogens with zero attached hydrogens (tertiary/aromatic N) is 3. The SMILES string of the molecule is O=C(O)c1cnc(Nc2ccc(Oc3ccon3)cc2)n(Cc2ccc(Cl)cc2)c1=O. The Morgan fingerprint density at radius 1 is 1.13 bits per heavy atom. The molecule has 2 aromatic heterocycles. The molecule has 0 radical (unpaired) electrons. The normalized spacial score (nSPS) is 10.6. The molecule has 0 atom stereocenters. The third-order valence-corrected chi connectivity index (χ3v) is 4.53. The molecule has 0 saturated carbocycles. The zero-order chi connectivity index (χ0) is 21.8. The Labute approximate surface area is 180 Å². The molecule has 4 rings (SSSR count). The molecule has 0 bridgehead atoms. The summed E-state index contributed by atoms with van der Waals surface area (Å²) in [6, 6.07) is 15.3. The van der Waals surface area contributed by atoms with Crippen LogP contribution >= 0.6 is 11.6 Å². The second kappa shape index (κ2) is 8.72. The van der Waals surface area contributed by atoms with E-state index in [0.717, 1.165) is 11.8 Å². The van der Waals surface area contributed by atoms with Gasteiger partial charge in [-0.25, -0.2) is 9.78 Å². The van der Waals surface area contributed by atoms with Crippen LogP contribution in [-0.2, 0) is 6.54 Å². The lowest BCUT2D eigenvalue weighted by Gasteiger charge is -2.14. The summed E-state index contributed by atoms with van der Waals surface area (Å²) in [4.78, 5) is 28.3. The van der Waals surface area contributed by atoms with Gasteiger partial charge in [-0.3, -0.25) is 9.36 Å². The number of hydrogen-bond donors (Lipinski definition) is 2. The molecule has 0 aliphatic heterocycles. The van der Waals surface area contributed by atoms with Gasteiger partial charge in [-0.05, 0) is 47.1 Å². The first kappa shape index (κ1) is 20.2. The van der Waals surface area contributed by atoms with Crippen molar-refractivity contribution >= 4 is 29.2 Å². The molecule has 156 valence electrons. The van der Waals surface area contributed by atoms with E-state index in [0.29, 0.717) is 22.3 Å². The second-order valence-corrected chi connectivity index (χ2v) is 6.84. The molecule has 2 N–H and O–H groups in total. The zero-order valence-corrected chi connectivity index (χ0v) is 16.6. The lowest BCUT2D eigenvalue weighted by molar-refractivity contribution is 0.0693. The Bertz CT molecular complexity index is 1250. The number of carboxylic acid groups (broad SMARTS) is 1. The van der Waals surface area contributed by atoms with Crippen molar-refractivity contribution in [2.24, 2.45) is 0 Å². The van der Waals surface area contributed by atoms with E-state index in [2.05, 4.69) is 15.5 Å². The summed E-state index contributed by atoms with van der Waals surface area (Å²) in [6.07, 6.45) is 2.44. The largest absolute Gasteiger partial charge is 0.477 e. The fourth-order valence-corrected chi connectivity index (χ4v) is 2.89. The smallest absolute Gasteiger partial charge is 0.342 e. The van der Waals surface area contributed by atoms with E-state index in [4.69, 9.17) is 20.9 Å². The number of carbonyl (C=O) groups is 1. The minimum absolute atomic E-state index is 0.111. The van der Waals surface area contributed by atoms with Crippen molar-refractivity contribution in [2.45, 2.75) is 6.54 Å². The number of carboxylic acids is 1. The van der Waals surface area contributed by atoms with Crippen LogP contribution in [0.1, 0.15) is 15.9 Å². The molecule has 2 aromatic carbocycles. The molecule has 31 heavy (non-hydrogen) atoms. The minimum atomic E-state index is -1.34. The predicted octanol–water partition coefficient (Wildman–Crippen LogP) is 4.17. The van der Waals surface area contributed by atoms with E-state index in [1.165, 1.54) is 10.8 Å². The van der Waals surface area contributed by atoms with Gasteiger partial charge in [0.05, 0.1) is 12.7 Å². The monoisotopic (exact) mass is 438 g/mol. The quantitative estimate of drug-likeness (QED) is 0.441. The lowest BCUT2D eigenvalue weighted by atomic mass is 10.2. The Morgan fingerprint density at radius 2 is 1.87 bits per heavy atom. The molecule has 0 aliphatic carbocycles. The fourth-order valence-electron chi connectivity index (χ4n) is 2.77. The van der Waals surface area contributed by atoms with Gasteiger partial charge in [-0.15, -0.1) is 0 Å². The van der Waals surface area contributed by atoms with E-state index in [1.54, 1.807) is 54.6 Å². The van der Waals surface area contributed by atoms with Crippen LogP contribution in [0, 0.1) is 0 Å². The first-order chi connectivity index (χ1) is 15.0. The molecule has 10 heteroatoms. The van der Waals surface area contributed by atoms with Gasteiger partial charge >= 0.3 is 5.97 Å². The number of hydrogen-bond acceptors (Lipinski definition) is 7. The topological polar surface area (TPSA) is 119 Å². The van der Waals surface area contributed by atoms with Crippen LogP contribution in [0.15, 0.2) is 76.4 Å². The Kier molecular flexibility index (Phi) is 5.67. The van der Waals surface area contributed by atoms with Crippen molar-refractivity contribution in [2.75, 3.05) is 5.32 Å². The number of aromatic nitrogens is 3. The van der Waals surface area contributed by atoms with Gasteiger partial charge in [0.2, 0.25) is 5.95 Å². The van der Waals surface area contributed by atoms with Gasteiger partial charge < -0.3 is 19.7 Å². The molecule has 4 aromatic rings. The van der Waals surface area contributed by atoms with Crippen molar-refractivity contribution < 1.29 is 19.2 Å². The minimum Gasteiger partial charge on any atom is -0.477 e. The first-order valence-electron chi connectivity index (χ1n) is 9.02. The van der Waals surface area contributed by atoms with Gasteiger partial charge in [0.25, 0.3) is 11.4 Å². The van der Waals surface area contributed by atoms with Crippen LogP contribution in [-0.4, -0.2) is 25.8 Å². The van der Waals surface area contributed by atoms with Gasteiger partial charge in [0.15, 0.2) is 0 Å². The van der Waals surface area contributed by atoms with Crippen molar-refractivity contribution in [1.29, 1.82) is 0 Å². The van der Waals surface area contributed by atoms with Crippen LogP contribution in [0.3, 0.4) is 0 Å². The molecule has 0 fully saturated rings. The zero-order valence-electron chi connectivity index (χ0n) is 15.9. The lowest BCUT2D eigenvalue weighted by Crippen LogP contribution is -2.29. The maximum absolute atomic E-state index is 12.8. The summed E-state index contributed by atoms with van der Waals surface area (Å²) in [5.74, 6) is -0.297.